The van der Waals surface area contributed by atoms with Gasteiger partial charge in [0.05, 0.1) is 0 Å². The molecule has 0 unspecified atom stereocenters. The van der Waals surface area contributed by atoms with Crippen molar-refractivity contribution >= 4 is 23.3 Å². The van der Waals surface area contributed by atoms with Gasteiger partial charge in [-0.1, -0.05) is 0 Å². The van der Waals surface area contributed by atoms with Gasteiger partial charge >= 0.3 is 0 Å². The Bertz CT molecular complexity index is 471. The van der Waals surface area contributed by atoms with Crippen LogP contribution in [0.3, 0.4) is 0 Å². The number of anilines is 1. The number of piperazine rings is 1. The molecule has 1 aliphatic rings. The quantitative estimate of drug-likeness (QED) is 0.829. The van der Waals surface area contributed by atoms with Gasteiger partial charge in [0, 0.05) is 38.3 Å². The van der Waals surface area contributed by atoms with Crippen LogP contribution in [-0.4, -0.2) is 53.0 Å². The van der Waals surface area contributed by atoms with Crippen LogP contribution < -0.4 is 10.6 Å². The Morgan fingerprint density at radius 2 is 1.95 bits per heavy atom. The number of hydrogen-bond acceptors (Lipinski definition) is 5. The average molecular weight is 284 g/mol. The zero-order valence-corrected chi connectivity index (χ0v) is 11.9. The van der Waals surface area contributed by atoms with Crippen molar-refractivity contribution in [2.45, 2.75) is 19.9 Å². The van der Waals surface area contributed by atoms with Crippen molar-refractivity contribution in [3.05, 3.63) is 17.0 Å². The maximum Gasteiger partial charge on any atom is 0.267 e. The number of halogens is 1. The summed E-state index contributed by atoms with van der Waals surface area (Å²) in [6.07, 6.45) is 0. The van der Waals surface area contributed by atoms with E-state index in [4.69, 9.17) is 17.3 Å². The highest BCUT2D eigenvalue weighted by molar-refractivity contribution is 6.28. The smallest absolute Gasteiger partial charge is 0.267 e. The lowest BCUT2D eigenvalue weighted by Crippen LogP contribution is -2.49. The zero-order chi connectivity index (χ0) is 14.0. The maximum absolute atomic E-state index is 11.2. The maximum atomic E-state index is 11.2. The molecule has 104 valence electrons. The Morgan fingerprint density at radius 1 is 1.32 bits per heavy atom. The Morgan fingerprint density at radius 3 is 2.47 bits per heavy atom. The summed E-state index contributed by atoms with van der Waals surface area (Å²) < 4.78 is 0. The number of rotatable bonds is 3. The lowest BCUT2D eigenvalue weighted by molar-refractivity contribution is 0.0995. The standard InChI is InChI=1S/C12H18ClN5O/c1-8(2)17-3-5-18(6-4-17)10-7-9(11(14)19)15-12(13)16-10/h7-8H,3-6H2,1-2H3,(H2,14,19). The summed E-state index contributed by atoms with van der Waals surface area (Å²) >= 11 is 5.83. The predicted molar refractivity (Wildman–Crippen MR) is 74.5 cm³/mol. The lowest BCUT2D eigenvalue weighted by Gasteiger charge is -2.37. The number of carbonyl (C=O) groups excluding carboxylic acids is 1. The van der Waals surface area contributed by atoms with E-state index in [2.05, 4.69) is 33.6 Å². The molecule has 0 radical (unpaired) electrons. The van der Waals surface area contributed by atoms with Crippen LogP contribution in [0, 0.1) is 0 Å². The Labute approximate surface area is 117 Å². The third kappa shape index (κ3) is 3.33. The summed E-state index contributed by atoms with van der Waals surface area (Å²) in [5.41, 5.74) is 5.38. The first-order valence-corrected chi connectivity index (χ1v) is 6.68. The van der Waals surface area contributed by atoms with Crippen LogP contribution in [0.1, 0.15) is 24.3 Å². The summed E-state index contributed by atoms with van der Waals surface area (Å²) in [5.74, 6) is 0.0728. The third-order valence-electron chi connectivity index (χ3n) is 3.31. The molecule has 6 nitrogen and oxygen atoms in total. The van der Waals surface area contributed by atoms with E-state index >= 15 is 0 Å². The van der Waals surface area contributed by atoms with Crippen molar-refractivity contribution in [2.24, 2.45) is 5.73 Å². The summed E-state index contributed by atoms with van der Waals surface area (Å²) in [6, 6.07) is 2.14. The second-order valence-corrected chi connectivity index (χ2v) is 5.20. The fourth-order valence-corrected chi connectivity index (χ4v) is 2.34. The lowest BCUT2D eigenvalue weighted by atomic mass is 10.2. The topological polar surface area (TPSA) is 75.3 Å². The summed E-state index contributed by atoms with van der Waals surface area (Å²) in [6.45, 7) is 7.99. The zero-order valence-electron chi connectivity index (χ0n) is 11.1. The highest BCUT2D eigenvalue weighted by Crippen LogP contribution is 2.17. The molecule has 2 rings (SSSR count). The number of hydrogen-bond donors (Lipinski definition) is 1. The van der Waals surface area contributed by atoms with E-state index in [9.17, 15) is 4.79 Å². The molecule has 0 atom stereocenters. The number of carbonyl (C=O) groups is 1. The van der Waals surface area contributed by atoms with Crippen molar-refractivity contribution in [1.29, 1.82) is 0 Å². The van der Waals surface area contributed by atoms with Crippen LogP contribution in [-0.2, 0) is 0 Å². The molecule has 2 N–H and O–H groups in total. The molecule has 19 heavy (non-hydrogen) atoms. The van der Waals surface area contributed by atoms with Gasteiger partial charge in [-0.3, -0.25) is 9.69 Å². The van der Waals surface area contributed by atoms with Gasteiger partial charge in [-0.25, -0.2) is 9.97 Å². The van der Waals surface area contributed by atoms with E-state index in [1.54, 1.807) is 6.07 Å². The Kier molecular flexibility index (Phi) is 4.21. The first kappa shape index (κ1) is 14.0. The molecule has 1 amide bonds. The van der Waals surface area contributed by atoms with Gasteiger partial charge < -0.3 is 10.6 Å². The molecule has 2 heterocycles. The number of aromatic nitrogens is 2. The number of amides is 1. The van der Waals surface area contributed by atoms with Crippen molar-refractivity contribution in [1.82, 2.24) is 14.9 Å². The normalized spacial score (nSPS) is 16.9. The highest BCUT2D eigenvalue weighted by atomic mass is 35.5. The predicted octanol–water partition coefficient (Wildman–Crippen LogP) is 0.759. The molecule has 0 bridgehead atoms. The summed E-state index contributed by atoms with van der Waals surface area (Å²) in [7, 11) is 0. The van der Waals surface area contributed by atoms with Crippen LogP contribution in [0.15, 0.2) is 6.07 Å². The molecule has 7 heteroatoms. The van der Waals surface area contributed by atoms with E-state index in [0.717, 1.165) is 26.2 Å². The number of nitrogens with two attached hydrogens (primary N) is 1. The van der Waals surface area contributed by atoms with Gasteiger partial charge in [0.15, 0.2) is 0 Å². The van der Waals surface area contributed by atoms with Crippen molar-refractivity contribution < 1.29 is 4.79 Å². The highest BCUT2D eigenvalue weighted by Gasteiger charge is 2.21. The van der Waals surface area contributed by atoms with E-state index < -0.39 is 5.91 Å². The molecule has 1 aromatic rings. The van der Waals surface area contributed by atoms with Crippen molar-refractivity contribution in [2.75, 3.05) is 31.1 Å². The second-order valence-electron chi connectivity index (χ2n) is 4.86. The van der Waals surface area contributed by atoms with Gasteiger partial charge in [-0.2, -0.15) is 0 Å². The van der Waals surface area contributed by atoms with Gasteiger partial charge in [0.1, 0.15) is 11.5 Å². The minimum absolute atomic E-state index is 0.0533. The molecule has 1 fully saturated rings. The minimum atomic E-state index is -0.591. The average Bonchev–Trinajstić information content (AvgIpc) is 2.38. The molecule has 0 spiro atoms. The van der Waals surface area contributed by atoms with Gasteiger partial charge in [-0.05, 0) is 25.4 Å². The van der Waals surface area contributed by atoms with Crippen LogP contribution in [0.4, 0.5) is 5.82 Å². The molecule has 0 saturated carbocycles. The van der Waals surface area contributed by atoms with Crippen LogP contribution >= 0.6 is 11.6 Å². The summed E-state index contributed by atoms with van der Waals surface area (Å²) in [5, 5.41) is 0.0533. The Balaban J connectivity index is 2.13. The largest absolute Gasteiger partial charge is 0.364 e. The monoisotopic (exact) mass is 283 g/mol. The van der Waals surface area contributed by atoms with E-state index in [-0.39, 0.29) is 11.0 Å². The van der Waals surface area contributed by atoms with E-state index in [0.29, 0.717) is 11.9 Å². The first-order valence-electron chi connectivity index (χ1n) is 6.30. The minimum Gasteiger partial charge on any atom is -0.364 e. The third-order valence-corrected chi connectivity index (χ3v) is 3.48. The molecule has 0 aromatic carbocycles. The molecular formula is C12H18ClN5O. The van der Waals surface area contributed by atoms with Gasteiger partial charge in [0.25, 0.3) is 5.91 Å². The fraction of sp³-hybridized carbons (Fsp3) is 0.583. The summed E-state index contributed by atoms with van der Waals surface area (Å²) in [4.78, 5) is 23.6. The molecular weight excluding hydrogens is 266 g/mol. The molecule has 1 saturated heterocycles. The number of primary amides is 1. The van der Waals surface area contributed by atoms with Crippen molar-refractivity contribution in [3.8, 4) is 0 Å². The molecule has 1 aliphatic heterocycles. The van der Waals surface area contributed by atoms with Gasteiger partial charge in [0.2, 0.25) is 5.28 Å². The fourth-order valence-electron chi connectivity index (χ4n) is 2.16. The van der Waals surface area contributed by atoms with E-state index in [1.807, 2.05) is 0 Å². The second kappa shape index (κ2) is 5.71. The Hall–Kier alpha value is -1.40. The van der Waals surface area contributed by atoms with Crippen molar-refractivity contribution in [3.63, 3.8) is 0 Å². The van der Waals surface area contributed by atoms with Crippen LogP contribution in [0.25, 0.3) is 0 Å². The molecule has 0 aliphatic carbocycles. The SMILES string of the molecule is CC(C)N1CCN(c2cc(C(N)=O)nc(Cl)n2)CC1. The van der Waals surface area contributed by atoms with Gasteiger partial charge in [-0.15, -0.1) is 0 Å². The molecule has 1 aromatic heterocycles. The van der Waals surface area contributed by atoms with Crippen LogP contribution in [0.5, 0.6) is 0 Å². The number of nitrogens with zero attached hydrogens (tertiary/aromatic N) is 4. The van der Waals surface area contributed by atoms with Crippen LogP contribution in [0.2, 0.25) is 5.28 Å². The first-order chi connectivity index (χ1) is 8.97. The van der Waals surface area contributed by atoms with E-state index in [1.165, 1.54) is 0 Å².